The SMILES string of the molecule is O=C(C=Cc1ccc(OCCO)cc1)Oc1ccccc1. The lowest BCUT2D eigenvalue weighted by Gasteiger charge is -2.03. The maximum Gasteiger partial charge on any atom is 0.336 e. The molecule has 2 rings (SSSR count). The zero-order valence-corrected chi connectivity index (χ0v) is 11.4. The highest BCUT2D eigenvalue weighted by Crippen LogP contribution is 2.13. The summed E-state index contributed by atoms with van der Waals surface area (Å²) in [6.07, 6.45) is 3.04. The van der Waals surface area contributed by atoms with Gasteiger partial charge in [-0.2, -0.15) is 0 Å². The van der Waals surface area contributed by atoms with Crippen LogP contribution in [0.5, 0.6) is 11.5 Å². The average molecular weight is 284 g/mol. The number of aliphatic hydroxyl groups is 1. The molecule has 0 saturated heterocycles. The molecule has 21 heavy (non-hydrogen) atoms. The van der Waals surface area contributed by atoms with Crippen molar-refractivity contribution < 1.29 is 19.4 Å². The first-order valence-electron chi connectivity index (χ1n) is 6.56. The molecular weight excluding hydrogens is 268 g/mol. The molecular formula is C17H16O4. The maximum absolute atomic E-state index is 11.6. The van der Waals surface area contributed by atoms with E-state index in [0.717, 1.165) is 5.56 Å². The van der Waals surface area contributed by atoms with Gasteiger partial charge in [-0.05, 0) is 35.9 Å². The number of rotatable bonds is 6. The Hall–Kier alpha value is -2.59. The average Bonchev–Trinajstić information content (AvgIpc) is 2.53. The van der Waals surface area contributed by atoms with Gasteiger partial charge in [-0.1, -0.05) is 30.3 Å². The Morgan fingerprint density at radius 2 is 1.71 bits per heavy atom. The molecule has 0 amide bonds. The van der Waals surface area contributed by atoms with Gasteiger partial charge in [0, 0.05) is 6.08 Å². The summed E-state index contributed by atoms with van der Waals surface area (Å²) in [6.45, 7) is 0.242. The van der Waals surface area contributed by atoms with E-state index in [2.05, 4.69) is 0 Å². The number of carbonyl (C=O) groups is 1. The quantitative estimate of drug-likeness (QED) is 0.503. The predicted octanol–water partition coefficient (Wildman–Crippen LogP) is 2.68. The molecule has 0 bridgehead atoms. The van der Waals surface area contributed by atoms with Gasteiger partial charge in [0.05, 0.1) is 6.61 Å². The number of aliphatic hydroxyl groups excluding tert-OH is 1. The fourth-order valence-electron chi connectivity index (χ4n) is 1.64. The van der Waals surface area contributed by atoms with E-state index >= 15 is 0 Å². The predicted molar refractivity (Wildman–Crippen MR) is 80.1 cm³/mol. The summed E-state index contributed by atoms with van der Waals surface area (Å²) in [7, 11) is 0. The number of hydrogen-bond donors (Lipinski definition) is 1. The van der Waals surface area contributed by atoms with Crippen molar-refractivity contribution in [2.45, 2.75) is 0 Å². The van der Waals surface area contributed by atoms with Crippen LogP contribution in [0.25, 0.3) is 6.08 Å². The highest BCUT2D eigenvalue weighted by molar-refractivity contribution is 5.88. The number of esters is 1. The van der Waals surface area contributed by atoms with E-state index in [0.29, 0.717) is 11.5 Å². The van der Waals surface area contributed by atoms with E-state index in [-0.39, 0.29) is 13.2 Å². The first-order chi connectivity index (χ1) is 10.3. The minimum atomic E-state index is -0.429. The van der Waals surface area contributed by atoms with E-state index < -0.39 is 5.97 Å². The highest BCUT2D eigenvalue weighted by atomic mass is 16.5. The third kappa shape index (κ3) is 5.12. The molecule has 2 aromatic rings. The van der Waals surface area contributed by atoms with Crippen LogP contribution in [0.4, 0.5) is 0 Å². The summed E-state index contributed by atoms with van der Waals surface area (Å²) < 4.78 is 10.4. The number of carbonyl (C=O) groups excluding carboxylic acids is 1. The van der Waals surface area contributed by atoms with Gasteiger partial charge < -0.3 is 14.6 Å². The third-order valence-electron chi connectivity index (χ3n) is 2.61. The second-order valence-corrected chi connectivity index (χ2v) is 4.21. The molecule has 0 aliphatic rings. The van der Waals surface area contributed by atoms with Gasteiger partial charge in [-0.25, -0.2) is 4.79 Å². The molecule has 0 radical (unpaired) electrons. The molecule has 0 aliphatic carbocycles. The zero-order valence-electron chi connectivity index (χ0n) is 11.4. The standard InChI is InChI=1S/C17H16O4/c18-12-13-20-15-9-6-14(7-10-15)8-11-17(19)21-16-4-2-1-3-5-16/h1-11,18H,12-13H2. The van der Waals surface area contributed by atoms with E-state index in [4.69, 9.17) is 14.6 Å². The Balaban J connectivity index is 1.89. The molecule has 0 spiro atoms. The highest BCUT2D eigenvalue weighted by Gasteiger charge is 1.99. The van der Waals surface area contributed by atoms with E-state index in [9.17, 15) is 4.79 Å². The van der Waals surface area contributed by atoms with Crippen LogP contribution in [0, 0.1) is 0 Å². The smallest absolute Gasteiger partial charge is 0.336 e. The monoisotopic (exact) mass is 284 g/mol. The lowest BCUT2D eigenvalue weighted by atomic mass is 10.2. The molecule has 0 saturated carbocycles. The Labute approximate surface area is 123 Å². The summed E-state index contributed by atoms with van der Waals surface area (Å²) in [4.78, 5) is 11.6. The Bertz CT molecular complexity index is 588. The zero-order chi connectivity index (χ0) is 14.9. The normalized spacial score (nSPS) is 10.5. The van der Waals surface area contributed by atoms with Gasteiger partial charge in [0.25, 0.3) is 0 Å². The van der Waals surface area contributed by atoms with Crippen molar-refractivity contribution in [2.75, 3.05) is 13.2 Å². The number of ether oxygens (including phenoxy) is 2. The van der Waals surface area contributed by atoms with Crippen molar-refractivity contribution in [1.29, 1.82) is 0 Å². The Morgan fingerprint density at radius 1 is 1.00 bits per heavy atom. The van der Waals surface area contributed by atoms with Crippen molar-refractivity contribution in [3.8, 4) is 11.5 Å². The molecule has 0 aliphatic heterocycles. The van der Waals surface area contributed by atoms with Crippen LogP contribution in [0.3, 0.4) is 0 Å². The van der Waals surface area contributed by atoms with Crippen LogP contribution in [-0.2, 0) is 4.79 Å². The summed E-state index contributed by atoms with van der Waals surface area (Å²) >= 11 is 0. The lowest BCUT2D eigenvalue weighted by Crippen LogP contribution is -2.03. The molecule has 4 nitrogen and oxygen atoms in total. The second-order valence-electron chi connectivity index (χ2n) is 4.21. The third-order valence-corrected chi connectivity index (χ3v) is 2.61. The minimum absolute atomic E-state index is 0.0209. The van der Waals surface area contributed by atoms with Crippen molar-refractivity contribution in [3.63, 3.8) is 0 Å². The van der Waals surface area contributed by atoms with Crippen LogP contribution in [-0.4, -0.2) is 24.3 Å². The topological polar surface area (TPSA) is 55.8 Å². The Morgan fingerprint density at radius 3 is 2.38 bits per heavy atom. The second kappa shape index (κ2) is 7.87. The van der Waals surface area contributed by atoms with Crippen LogP contribution >= 0.6 is 0 Å². The van der Waals surface area contributed by atoms with Crippen LogP contribution in [0.2, 0.25) is 0 Å². The van der Waals surface area contributed by atoms with Crippen molar-refractivity contribution in [2.24, 2.45) is 0 Å². The number of benzene rings is 2. The fraction of sp³-hybridized carbons (Fsp3) is 0.118. The molecule has 0 aromatic heterocycles. The van der Waals surface area contributed by atoms with Gasteiger partial charge in [-0.15, -0.1) is 0 Å². The van der Waals surface area contributed by atoms with Gasteiger partial charge >= 0.3 is 5.97 Å². The number of hydrogen-bond acceptors (Lipinski definition) is 4. The summed E-state index contributed by atoms with van der Waals surface area (Å²) in [5.74, 6) is 0.759. The first-order valence-corrected chi connectivity index (χ1v) is 6.56. The largest absolute Gasteiger partial charge is 0.491 e. The van der Waals surface area contributed by atoms with Gasteiger partial charge in [0.15, 0.2) is 0 Å². The number of para-hydroxylation sites is 1. The van der Waals surface area contributed by atoms with Crippen molar-refractivity contribution in [1.82, 2.24) is 0 Å². The minimum Gasteiger partial charge on any atom is -0.491 e. The van der Waals surface area contributed by atoms with E-state index in [1.54, 1.807) is 42.5 Å². The van der Waals surface area contributed by atoms with Crippen molar-refractivity contribution in [3.05, 3.63) is 66.2 Å². The van der Waals surface area contributed by atoms with Gasteiger partial charge in [-0.3, -0.25) is 0 Å². The lowest BCUT2D eigenvalue weighted by molar-refractivity contribution is -0.128. The molecule has 0 fully saturated rings. The molecule has 0 heterocycles. The van der Waals surface area contributed by atoms with Gasteiger partial charge in [0.1, 0.15) is 18.1 Å². The molecule has 0 unspecified atom stereocenters. The maximum atomic E-state index is 11.6. The fourth-order valence-corrected chi connectivity index (χ4v) is 1.64. The van der Waals surface area contributed by atoms with Gasteiger partial charge in [0.2, 0.25) is 0 Å². The van der Waals surface area contributed by atoms with Crippen LogP contribution < -0.4 is 9.47 Å². The van der Waals surface area contributed by atoms with E-state index in [1.165, 1.54) is 6.08 Å². The van der Waals surface area contributed by atoms with Crippen molar-refractivity contribution >= 4 is 12.0 Å². The molecule has 108 valence electrons. The summed E-state index contributed by atoms with van der Waals surface area (Å²) in [6, 6.07) is 16.1. The van der Waals surface area contributed by atoms with Crippen LogP contribution in [0.15, 0.2) is 60.7 Å². The molecule has 2 aromatic carbocycles. The first kappa shape index (κ1) is 14.8. The molecule has 4 heteroatoms. The molecule has 1 N–H and O–H groups in total. The summed E-state index contributed by atoms with van der Waals surface area (Å²) in [5, 5.41) is 8.66. The molecule has 0 atom stereocenters. The van der Waals surface area contributed by atoms with Crippen LogP contribution in [0.1, 0.15) is 5.56 Å². The summed E-state index contributed by atoms with van der Waals surface area (Å²) in [5.41, 5.74) is 0.858. The Kier molecular flexibility index (Phi) is 5.55. The van der Waals surface area contributed by atoms with E-state index in [1.807, 2.05) is 18.2 Å².